The molecular formula is C23H28BrFN2O4S. The number of methoxy groups -OCH3 is 1. The average molecular weight is 527 g/mol. The number of carbonyl (C=O) groups excluding carboxylic acids is 1. The fraction of sp³-hybridized carbons (Fsp3) is 0.435. The van der Waals surface area contributed by atoms with E-state index in [0.717, 1.165) is 46.3 Å². The lowest BCUT2D eigenvalue weighted by Crippen LogP contribution is -2.43. The largest absolute Gasteiger partial charge is 0.495 e. The van der Waals surface area contributed by atoms with Gasteiger partial charge in [-0.25, -0.2) is 12.8 Å². The van der Waals surface area contributed by atoms with Gasteiger partial charge in [-0.15, -0.1) is 0 Å². The lowest BCUT2D eigenvalue weighted by molar-refractivity contribution is -0.120. The Balaban J connectivity index is 1.84. The Kier molecular flexibility index (Phi) is 7.95. The number of piperidine rings is 1. The van der Waals surface area contributed by atoms with Crippen LogP contribution in [0.1, 0.15) is 37.8 Å². The second kappa shape index (κ2) is 10.3. The van der Waals surface area contributed by atoms with Crippen molar-refractivity contribution in [3.8, 4) is 5.75 Å². The van der Waals surface area contributed by atoms with Gasteiger partial charge in [0.1, 0.15) is 16.5 Å². The van der Waals surface area contributed by atoms with Crippen molar-refractivity contribution in [1.29, 1.82) is 0 Å². The van der Waals surface area contributed by atoms with Gasteiger partial charge in [0.2, 0.25) is 15.9 Å². The predicted octanol–water partition coefficient (Wildman–Crippen LogP) is 4.76. The number of aryl methyl sites for hydroxylation is 2. The van der Waals surface area contributed by atoms with Crippen LogP contribution in [-0.2, 0) is 27.7 Å². The number of anilines is 1. The smallest absolute Gasteiger partial charge is 0.246 e. The van der Waals surface area contributed by atoms with Crippen LogP contribution in [0.25, 0.3) is 0 Å². The average Bonchev–Trinajstić information content (AvgIpc) is 2.79. The Morgan fingerprint density at radius 3 is 2.47 bits per heavy atom. The summed E-state index contributed by atoms with van der Waals surface area (Å²) in [5, 5.41) is 3.06. The molecule has 1 atom stereocenters. The summed E-state index contributed by atoms with van der Waals surface area (Å²) in [5.74, 6) is -1.29. The highest BCUT2D eigenvalue weighted by molar-refractivity contribution is 9.10. The molecule has 174 valence electrons. The highest BCUT2D eigenvalue weighted by Crippen LogP contribution is 2.32. The normalized spacial score (nSPS) is 17.2. The summed E-state index contributed by atoms with van der Waals surface area (Å²) < 4.78 is 47.6. The number of nitrogens with one attached hydrogen (secondary N) is 1. The molecule has 1 aliphatic rings. The van der Waals surface area contributed by atoms with Gasteiger partial charge in [0.25, 0.3) is 0 Å². The maximum Gasteiger partial charge on any atom is 0.246 e. The Bertz CT molecular complexity index is 1080. The van der Waals surface area contributed by atoms with Crippen LogP contribution in [0, 0.1) is 11.7 Å². The first-order valence-electron chi connectivity index (χ1n) is 10.7. The second-order valence-corrected chi connectivity index (χ2v) is 10.6. The van der Waals surface area contributed by atoms with Gasteiger partial charge in [-0.05, 0) is 67.1 Å². The lowest BCUT2D eigenvalue weighted by Gasteiger charge is -2.32. The van der Waals surface area contributed by atoms with Crippen LogP contribution in [0.4, 0.5) is 10.1 Å². The molecule has 0 radical (unpaired) electrons. The Hall–Kier alpha value is -1.97. The quantitative estimate of drug-likeness (QED) is 0.564. The van der Waals surface area contributed by atoms with Crippen molar-refractivity contribution >= 4 is 37.5 Å². The zero-order chi connectivity index (χ0) is 23.5. The van der Waals surface area contributed by atoms with Gasteiger partial charge in [0.15, 0.2) is 0 Å². The molecule has 1 saturated heterocycles. The molecular weight excluding hydrogens is 499 g/mol. The first-order valence-corrected chi connectivity index (χ1v) is 12.9. The topological polar surface area (TPSA) is 75.7 Å². The minimum absolute atomic E-state index is 0.0350. The minimum Gasteiger partial charge on any atom is -0.495 e. The van der Waals surface area contributed by atoms with Gasteiger partial charge >= 0.3 is 0 Å². The van der Waals surface area contributed by atoms with Crippen LogP contribution in [0.5, 0.6) is 5.75 Å². The molecule has 0 bridgehead atoms. The summed E-state index contributed by atoms with van der Waals surface area (Å²) in [5.41, 5.74) is 2.85. The monoisotopic (exact) mass is 526 g/mol. The van der Waals surface area contributed by atoms with Crippen molar-refractivity contribution in [1.82, 2.24) is 4.31 Å². The third-order valence-corrected chi connectivity index (χ3v) is 8.12. The highest BCUT2D eigenvalue weighted by Gasteiger charge is 2.35. The highest BCUT2D eigenvalue weighted by atomic mass is 79.9. The van der Waals surface area contributed by atoms with E-state index in [0.29, 0.717) is 12.8 Å². The van der Waals surface area contributed by atoms with Gasteiger partial charge in [0.05, 0.1) is 13.0 Å². The van der Waals surface area contributed by atoms with Crippen LogP contribution in [0.2, 0.25) is 0 Å². The van der Waals surface area contributed by atoms with Gasteiger partial charge in [-0.1, -0.05) is 29.8 Å². The zero-order valence-corrected chi connectivity index (χ0v) is 20.9. The van der Waals surface area contributed by atoms with E-state index in [9.17, 15) is 17.6 Å². The van der Waals surface area contributed by atoms with E-state index in [-0.39, 0.29) is 29.6 Å². The van der Waals surface area contributed by atoms with Gasteiger partial charge < -0.3 is 10.1 Å². The number of amides is 1. The van der Waals surface area contributed by atoms with E-state index in [1.165, 1.54) is 17.5 Å². The number of benzene rings is 2. The lowest BCUT2D eigenvalue weighted by atomic mass is 9.97. The molecule has 6 nitrogen and oxygen atoms in total. The maximum absolute atomic E-state index is 13.8. The Morgan fingerprint density at radius 1 is 1.22 bits per heavy atom. The molecule has 1 N–H and O–H groups in total. The number of nitrogens with zero attached hydrogens (tertiary/aromatic N) is 1. The van der Waals surface area contributed by atoms with Crippen molar-refractivity contribution in [3.63, 3.8) is 0 Å². The van der Waals surface area contributed by atoms with Crippen LogP contribution in [0.15, 0.2) is 39.7 Å². The molecule has 2 aromatic rings. The van der Waals surface area contributed by atoms with Crippen molar-refractivity contribution in [2.75, 3.05) is 25.5 Å². The fourth-order valence-electron chi connectivity index (χ4n) is 4.03. The molecule has 2 aromatic carbocycles. The molecule has 0 aliphatic carbocycles. The number of sulfonamides is 1. The van der Waals surface area contributed by atoms with E-state index in [2.05, 4.69) is 21.2 Å². The molecule has 1 heterocycles. The van der Waals surface area contributed by atoms with E-state index in [1.807, 2.05) is 26.0 Å². The predicted molar refractivity (Wildman–Crippen MR) is 126 cm³/mol. The summed E-state index contributed by atoms with van der Waals surface area (Å²) in [6, 6.07) is 7.38. The number of hydrogen-bond acceptors (Lipinski definition) is 4. The molecule has 0 saturated carbocycles. The second-order valence-electron chi connectivity index (χ2n) is 7.79. The van der Waals surface area contributed by atoms with Gasteiger partial charge in [-0.3, -0.25) is 4.79 Å². The zero-order valence-electron chi connectivity index (χ0n) is 18.5. The molecule has 9 heteroatoms. The molecule has 1 aliphatic heterocycles. The summed E-state index contributed by atoms with van der Waals surface area (Å²) in [7, 11) is -2.67. The summed E-state index contributed by atoms with van der Waals surface area (Å²) in [4.78, 5) is 12.9. The molecule has 32 heavy (non-hydrogen) atoms. The first-order chi connectivity index (χ1) is 15.2. The molecule has 0 aromatic heterocycles. The van der Waals surface area contributed by atoms with Gasteiger partial charge in [-0.2, -0.15) is 4.31 Å². The third kappa shape index (κ3) is 5.15. The van der Waals surface area contributed by atoms with Crippen molar-refractivity contribution in [3.05, 3.63) is 51.7 Å². The van der Waals surface area contributed by atoms with Crippen molar-refractivity contribution < 1.29 is 22.3 Å². The maximum atomic E-state index is 13.8. The minimum atomic E-state index is -4.02. The summed E-state index contributed by atoms with van der Waals surface area (Å²) in [6.45, 7) is 4.36. The van der Waals surface area contributed by atoms with E-state index < -0.39 is 21.8 Å². The van der Waals surface area contributed by atoms with Crippen LogP contribution in [0.3, 0.4) is 0 Å². The van der Waals surface area contributed by atoms with E-state index in [1.54, 1.807) is 0 Å². The van der Waals surface area contributed by atoms with Crippen LogP contribution < -0.4 is 10.1 Å². The van der Waals surface area contributed by atoms with Crippen molar-refractivity contribution in [2.24, 2.45) is 5.92 Å². The first kappa shape index (κ1) is 24.7. The molecule has 0 spiro atoms. The molecule has 1 fully saturated rings. The molecule has 1 amide bonds. The summed E-state index contributed by atoms with van der Waals surface area (Å²) in [6.07, 6.45) is 2.63. The number of ether oxygens (including phenoxy) is 1. The van der Waals surface area contributed by atoms with Crippen LogP contribution in [-0.4, -0.2) is 38.8 Å². The number of rotatable bonds is 7. The van der Waals surface area contributed by atoms with E-state index in [4.69, 9.17) is 4.74 Å². The van der Waals surface area contributed by atoms with Crippen LogP contribution >= 0.6 is 15.9 Å². The number of halogens is 2. The Labute approximate surface area is 197 Å². The van der Waals surface area contributed by atoms with Gasteiger partial charge in [0, 0.05) is 23.2 Å². The summed E-state index contributed by atoms with van der Waals surface area (Å²) >= 11 is 3.52. The Morgan fingerprint density at radius 2 is 1.88 bits per heavy atom. The van der Waals surface area contributed by atoms with Crippen molar-refractivity contribution in [2.45, 2.75) is 44.4 Å². The third-order valence-electron chi connectivity index (χ3n) is 5.77. The number of carbonyl (C=O) groups is 1. The molecule has 1 unspecified atom stereocenters. The number of hydrogen-bond donors (Lipinski definition) is 1. The standard InChI is InChI=1S/C23H28BrFN2O4S/c1-4-15-11-18(24)12-16(5-2)22(15)26-23(28)17-7-6-10-27(14-17)32(29,30)21-13-19(25)8-9-20(21)31-3/h8-9,11-13,17H,4-7,10,14H2,1-3H3,(H,26,28). The molecule has 3 rings (SSSR count). The van der Waals surface area contributed by atoms with E-state index >= 15 is 0 Å². The fourth-order valence-corrected chi connectivity index (χ4v) is 6.28. The SMILES string of the molecule is CCc1cc(Br)cc(CC)c1NC(=O)C1CCCN(S(=O)(=O)c2cc(F)ccc2OC)C1.